The van der Waals surface area contributed by atoms with Gasteiger partial charge in [0, 0.05) is 7.11 Å². The van der Waals surface area contributed by atoms with E-state index in [-0.39, 0.29) is 36.8 Å². The molecule has 0 radical (unpaired) electrons. The van der Waals surface area contributed by atoms with Gasteiger partial charge in [-0.2, -0.15) is 0 Å². The molecule has 4 atom stereocenters. The highest BCUT2D eigenvalue weighted by molar-refractivity contribution is 5.78. The van der Waals surface area contributed by atoms with Gasteiger partial charge in [0.1, 0.15) is 29.7 Å². The minimum absolute atomic E-state index is 0.0508. The Hall–Kier alpha value is -2.49. The first-order valence-electron chi connectivity index (χ1n) is 8.84. The fourth-order valence-electron chi connectivity index (χ4n) is 3.43. The summed E-state index contributed by atoms with van der Waals surface area (Å²) in [5.41, 5.74) is 0.752. The van der Waals surface area contributed by atoms with Crippen LogP contribution in [0.2, 0.25) is 0 Å². The predicted molar refractivity (Wildman–Crippen MR) is 93.1 cm³/mol. The van der Waals surface area contributed by atoms with E-state index in [1.165, 1.54) is 0 Å². The molecule has 144 valence electrons. The molecule has 9 heteroatoms. The van der Waals surface area contributed by atoms with Gasteiger partial charge in [0.25, 0.3) is 5.91 Å². The van der Waals surface area contributed by atoms with Gasteiger partial charge in [-0.05, 0) is 12.1 Å². The topological polar surface area (TPSA) is 96.7 Å². The standard InChI is InChI=1S/C18H22N4O5/c1-24-8-12-7-22(21-20-12)15-10-27-17-14(9-26-18(15)17)19-16(23)11-25-13-5-3-2-4-6-13/h2-7,14-15,17-18H,8-11H2,1H3,(H,19,23)/t14-,15+,17-,18+/m0/s1. The van der Waals surface area contributed by atoms with Crippen molar-refractivity contribution >= 4 is 5.91 Å². The highest BCUT2D eigenvalue weighted by Crippen LogP contribution is 2.33. The van der Waals surface area contributed by atoms with Crippen LogP contribution in [0.4, 0.5) is 0 Å². The molecule has 1 aromatic heterocycles. The summed E-state index contributed by atoms with van der Waals surface area (Å²) in [5, 5.41) is 11.2. The van der Waals surface area contributed by atoms with Crippen molar-refractivity contribution in [3.05, 3.63) is 42.2 Å². The van der Waals surface area contributed by atoms with E-state index >= 15 is 0 Å². The number of carbonyl (C=O) groups is 1. The number of aromatic nitrogens is 3. The fourth-order valence-corrected chi connectivity index (χ4v) is 3.43. The molecule has 1 aromatic carbocycles. The van der Waals surface area contributed by atoms with Crippen molar-refractivity contribution in [3.63, 3.8) is 0 Å². The number of nitrogens with one attached hydrogen (secondary N) is 1. The molecule has 2 aromatic rings. The van der Waals surface area contributed by atoms with Crippen molar-refractivity contribution in [2.24, 2.45) is 0 Å². The minimum atomic E-state index is -0.217. The molecule has 4 rings (SSSR count). The smallest absolute Gasteiger partial charge is 0.258 e. The van der Waals surface area contributed by atoms with E-state index in [1.807, 2.05) is 36.5 Å². The molecule has 1 N–H and O–H groups in total. The van der Waals surface area contributed by atoms with Gasteiger partial charge in [-0.1, -0.05) is 23.4 Å². The number of hydrogen-bond acceptors (Lipinski definition) is 7. The van der Waals surface area contributed by atoms with Gasteiger partial charge < -0.3 is 24.3 Å². The van der Waals surface area contributed by atoms with Crippen LogP contribution < -0.4 is 10.1 Å². The van der Waals surface area contributed by atoms with Crippen LogP contribution >= 0.6 is 0 Å². The molecule has 27 heavy (non-hydrogen) atoms. The monoisotopic (exact) mass is 374 g/mol. The van der Waals surface area contributed by atoms with E-state index in [0.29, 0.717) is 25.6 Å². The number of rotatable bonds is 7. The Morgan fingerprint density at radius 2 is 2.07 bits per heavy atom. The zero-order valence-corrected chi connectivity index (χ0v) is 15.0. The van der Waals surface area contributed by atoms with Gasteiger partial charge in [0.05, 0.1) is 32.1 Å². The number of amides is 1. The third kappa shape index (κ3) is 3.95. The van der Waals surface area contributed by atoms with Crippen LogP contribution in [0.15, 0.2) is 36.5 Å². The molecule has 0 spiro atoms. The van der Waals surface area contributed by atoms with Crippen LogP contribution in [-0.2, 0) is 25.6 Å². The van der Waals surface area contributed by atoms with Crippen LogP contribution in [0.25, 0.3) is 0 Å². The van der Waals surface area contributed by atoms with Crippen molar-refractivity contribution in [2.75, 3.05) is 26.9 Å². The van der Waals surface area contributed by atoms with Gasteiger partial charge in [0.15, 0.2) is 6.61 Å². The Balaban J connectivity index is 1.31. The normalized spacial score (nSPS) is 26.7. The summed E-state index contributed by atoms with van der Waals surface area (Å²) in [6.07, 6.45) is 1.44. The summed E-state index contributed by atoms with van der Waals surface area (Å²) in [6, 6.07) is 8.94. The highest BCUT2D eigenvalue weighted by atomic mass is 16.6. The molecular weight excluding hydrogens is 352 g/mol. The lowest BCUT2D eigenvalue weighted by Gasteiger charge is -2.18. The summed E-state index contributed by atoms with van der Waals surface area (Å²) in [5.74, 6) is 0.451. The first-order chi connectivity index (χ1) is 13.2. The third-order valence-electron chi connectivity index (χ3n) is 4.68. The molecule has 2 aliphatic heterocycles. The first kappa shape index (κ1) is 17.9. The van der Waals surface area contributed by atoms with Gasteiger partial charge in [-0.3, -0.25) is 4.79 Å². The summed E-state index contributed by atoms with van der Waals surface area (Å²) in [6.45, 7) is 1.20. The molecule has 0 aliphatic carbocycles. The third-order valence-corrected chi connectivity index (χ3v) is 4.68. The minimum Gasteiger partial charge on any atom is -0.484 e. The number of hydrogen-bond donors (Lipinski definition) is 1. The Kier molecular flexibility index (Phi) is 5.33. The van der Waals surface area contributed by atoms with E-state index in [9.17, 15) is 4.79 Å². The number of methoxy groups -OCH3 is 1. The van der Waals surface area contributed by atoms with Crippen molar-refractivity contribution in [3.8, 4) is 5.75 Å². The Bertz CT molecular complexity index is 768. The summed E-state index contributed by atoms with van der Waals surface area (Å²) < 4.78 is 24.1. The average Bonchev–Trinajstić information content (AvgIpc) is 3.39. The number of fused-ring (bicyclic) bond motifs is 1. The van der Waals surface area contributed by atoms with Crippen LogP contribution in [0.5, 0.6) is 5.75 Å². The molecular formula is C18H22N4O5. The fraction of sp³-hybridized carbons (Fsp3) is 0.500. The van der Waals surface area contributed by atoms with E-state index in [0.717, 1.165) is 5.69 Å². The Morgan fingerprint density at radius 3 is 2.89 bits per heavy atom. The first-order valence-corrected chi connectivity index (χ1v) is 8.84. The number of nitrogens with zero attached hydrogens (tertiary/aromatic N) is 3. The van der Waals surface area contributed by atoms with Gasteiger partial charge in [-0.25, -0.2) is 4.68 Å². The molecule has 2 saturated heterocycles. The molecule has 0 unspecified atom stereocenters. The Labute approximate surface area is 156 Å². The van der Waals surface area contributed by atoms with Gasteiger partial charge >= 0.3 is 0 Å². The lowest BCUT2D eigenvalue weighted by molar-refractivity contribution is -0.124. The second kappa shape index (κ2) is 8.03. The zero-order valence-electron chi connectivity index (χ0n) is 15.0. The van der Waals surface area contributed by atoms with Crippen LogP contribution in [0.3, 0.4) is 0 Å². The lowest BCUT2D eigenvalue weighted by Crippen LogP contribution is -2.45. The summed E-state index contributed by atoms with van der Waals surface area (Å²) in [4.78, 5) is 12.2. The largest absolute Gasteiger partial charge is 0.484 e. The maximum Gasteiger partial charge on any atom is 0.258 e. The molecule has 2 aliphatic rings. The number of para-hydroxylation sites is 1. The molecule has 9 nitrogen and oxygen atoms in total. The maximum absolute atomic E-state index is 12.2. The SMILES string of the molecule is COCc1cn([C@@H]2CO[C@@H]3[C@@H]2OC[C@@H]3NC(=O)COc2ccccc2)nn1. The summed E-state index contributed by atoms with van der Waals surface area (Å²) >= 11 is 0. The van der Waals surface area contributed by atoms with Crippen molar-refractivity contribution in [2.45, 2.75) is 30.9 Å². The molecule has 3 heterocycles. The molecule has 0 bridgehead atoms. The van der Waals surface area contributed by atoms with E-state index < -0.39 is 0 Å². The van der Waals surface area contributed by atoms with Crippen LogP contribution in [0.1, 0.15) is 11.7 Å². The maximum atomic E-state index is 12.2. The number of ether oxygens (including phenoxy) is 4. The average molecular weight is 374 g/mol. The zero-order chi connectivity index (χ0) is 18.6. The van der Waals surface area contributed by atoms with Gasteiger partial charge in [-0.15, -0.1) is 5.10 Å². The molecule has 0 saturated carbocycles. The second-order valence-corrected chi connectivity index (χ2v) is 6.56. The van der Waals surface area contributed by atoms with Crippen molar-refractivity contribution in [1.82, 2.24) is 20.3 Å². The quantitative estimate of drug-likeness (QED) is 0.746. The van der Waals surface area contributed by atoms with Crippen molar-refractivity contribution in [1.29, 1.82) is 0 Å². The Morgan fingerprint density at radius 1 is 1.26 bits per heavy atom. The van der Waals surface area contributed by atoms with Gasteiger partial charge in [0.2, 0.25) is 0 Å². The van der Waals surface area contributed by atoms with Crippen LogP contribution in [0, 0.1) is 0 Å². The molecule has 1 amide bonds. The van der Waals surface area contributed by atoms with E-state index in [4.69, 9.17) is 18.9 Å². The molecule has 2 fully saturated rings. The highest BCUT2D eigenvalue weighted by Gasteiger charge is 2.49. The second-order valence-electron chi connectivity index (χ2n) is 6.56. The summed E-state index contributed by atoms with van der Waals surface area (Å²) in [7, 11) is 1.61. The lowest BCUT2D eigenvalue weighted by atomic mass is 10.1. The van der Waals surface area contributed by atoms with Crippen molar-refractivity contribution < 1.29 is 23.7 Å². The van der Waals surface area contributed by atoms with E-state index in [1.54, 1.807) is 11.8 Å². The number of benzene rings is 1. The predicted octanol–water partition coefficient (Wildman–Crippen LogP) is 0.327. The number of carbonyl (C=O) groups excluding carboxylic acids is 1. The van der Waals surface area contributed by atoms with E-state index in [2.05, 4.69) is 15.6 Å². The van der Waals surface area contributed by atoms with Crippen LogP contribution in [-0.4, -0.2) is 66.1 Å².